The minimum absolute atomic E-state index is 0. The average molecular weight is 461 g/mol. The Morgan fingerprint density at radius 1 is 1.20 bits per heavy atom. The van der Waals surface area contributed by atoms with E-state index in [1.807, 2.05) is 18.2 Å². The van der Waals surface area contributed by atoms with Crippen LogP contribution in [0, 0.1) is 5.41 Å². The highest BCUT2D eigenvalue weighted by Crippen LogP contribution is 2.29. The summed E-state index contributed by atoms with van der Waals surface area (Å²) in [6.07, 6.45) is 3.83. The Labute approximate surface area is 191 Å². The fraction of sp³-hybridized carbons (Fsp3) is 0.619. The quantitative estimate of drug-likeness (QED) is 0.582. The molecule has 0 spiro atoms. The highest BCUT2D eigenvalue weighted by molar-refractivity contribution is 5.98. The van der Waals surface area contributed by atoms with Gasteiger partial charge in [0.2, 0.25) is 11.8 Å². The van der Waals surface area contributed by atoms with Gasteiger partial charge in [-0.25, -0.2) is 0 Å². The summed E-state index contributed by atoms with van der Waals surface area (Å²) in [6, 6.07) is 7.28. The molecule has 1 unspecified atom stereocenters. The molecule has 3 N–H and O–H groups in total. The number of amides is 2. The molecule has 0 radical (unpaired) electrons. The molecule has 170 valence electrons. The zero-order valence-corrected chi connectivity index (χ0v) is 19.4. The first-order chi connectivity index (χ1) is 13.5. The number of hydrogen-bond donors (Lipinski definition) is 3. The van der Waals surface area contributed by atoms with Crippen molar-refractivity contribution >= 4 is 48.0 Å². The number of ether oxygens (including phenoxy) is 1. The highest BCUT2D eigenvalue weighted by atomic mass is 35.5. The molecule has 7 nitrogen and oxygen atoms in total. The van der Waals surface area contributed by atoms with Crippen molar-refractivity contribution in [3.05, 3.63) is 24.3 Å². The van der Waals surface area contributed by atoms with Crippen LogP contribution in [0.2, 0.25) is 0 Å². The van der Waals surface area contributed by atoms with Crippen molar-refractivity contribution in [1.82, 2.24) is 10.6 Å². The summed E-state index contributed by atoms with van der Waals surface area (Å²) in [6.45, 7) is 5.76. The molecule has 2 aliphatic heterocycles. The number of carbonyl (C=O) groups is 2. The van der Waals surface area contributed by atoms with E-state index in [0.29, 0.717) is 19.4 Å². The molecule has 2 fully saturated rings. The number of anilines is 2. The standard InChI is InChI=1S/C21H32N4O3.2ClH/c1-16(23-20(27)21(15-28-2)8-10-22-11-9-21)19(26)24-17-6-5-7-18(14-17)25-12-3-4-13-25;;/h5-7,14,16,22H,3-4,8-13,15H2,1-2H3,(H,23,27)(H,24,26);2*1H. The summed E-state index contributed by atoms with van der Waals surface area (Å²) in [5.41, 5.74) is 1.31. The zero-order valence-electron chi connectivity index (χ0n) is 17.7. The van der Waals surface area contributed by atoms with Crippen molar-refractivity contribution < 1.29 is 14.3 Å². The molecule has 0 saturated carbocycles. The fourth-order valence-electron chi connectivity index (χ4n) is 4.04. The maximum Gasteiger partial charge on any atom is 0.246 e. The molecule has 0 bridgehead atoms. The molecule has 2 amide bonds. The van der Waals surface area contributed by atoms with Crippen LogP contribution in [0.25, 0.3) is 0 Å². The third-order valence-electron chi connectivity index (χ3n) is 5.79. The maximum atomic E-state index is 12.9. The van der Waals surface area contributed by atoms with E-state index < -0.39 is 11.5 Å². The zero-order chi connectivity index (χ0) is 20.0. The van der Waals surface area contributed by atoms with Crippen LogP contribution in [0.15, 0.2) is 24.3 Å². The van der Waals surface area contributed by atoms with Gasteiger partial charge in [0.1, 0.15) is 6.04 Å². The molecule has 2 saturated heterocycles. The number of nitrogens with zero attached hydrogens (tertiary/aromatic N) is 1. The van der Waals surface area contributed by atoms with E-state index in [2.05, 4.69) is 26.9 Å². The Kier molecular flexibility index (Phi) is 10.9. The molecule has 2 aliphatic rings. The summed E-state index contributed by atoms with van der Waals surface area (Å²) in [5.74, 6) is -0.322. The number of halogens is 2. The topological polar surface area (TPSA) is 82.7 Å². The van der Waals surface area contributed by atoms with E-state index in [1.165, 1.54) is 12.8 Å². The van der Waals surface area contributed by atoms with E-state index >= 15 is 0 Å². The van der Waals surface area contributed by atoms with Crippen molar-refractivity contribution in [3.8, 4) is 0 Å². The molecule has 9 heteroatoms. The van der Waals surface area contributed by atoms with Crippen molar-refractivity contribution in [2.45, 2.75) is 38.6 Å². The van der Waals surface area contributed by atoms with E-state index in [9.17, 15) is 9.59 Å². The monoisotopic (exact) mass is 460 g/mol. The van der Waals surface area contributed by atoms with Gasteiger partial charge in [-0.15, -0.1) is 24.8 Å². The lowest BCUT2D eigenvalue weighted by Gasteiger charge is -2.36. The van der Waals surface area contributed by atoms with Gasteiger partial charge in [0.15, 0.2) is 0 Å². The van der Waals surface area contributed by atoms with Gasteiger partial charge in [0.05, 0.1) is 12.0 Å². The van der Waals surface area contributed by atoms with E-state index in [4.69, 9.17) is 4.74 Å². The van der Waals surface area contributed by atoms with Crippen LogP contribution >= 0.6 is 24.8 Å². The molecule has 1 aromatic carbocycles. The Bertz CT molecular complexity index is 687. The fourth-order valence-corrected chi connectivity index (χ4v) is 4.04. The smallest absolute Gasteiger partial charge is 0.246 e. The van der Waals surface area contributed by atoms with Crippen LogP contribution in [-0.4, -0.2) is 57.8 Å². The first-order valence-electron chi connectivity index (χ1n) is 10.2. The van der Waals surface area contributed by atoms with Gasteiger partial charge in [-0.3, -0.25) is 9.59 Å². The molecular weight excluding hydrogens is 427 g/mol. The predicted molar refractivity (Wildman–Crippen MR) is 125 cm³/mol. The largest absolute Gasteiger partial charge is 0.384 e. The van der Waals surface area contributed by atoms with Crippen LogP contribution in [0.4, 0.5) is 11.4 Å². The first-order valence-corrected chi connectivity index (χ1v) is 10.2. The van der Waals surface area contributed by atoms with Crippen LogP contribution in [0.5, 0.6) is 0 Å². The Balaban J connectivity index is 0.00000225. The minimum atomic E-state index is -0.619. The lowest BCUT2D eigenvalue weighted by molar-refractivity contribution is -0.138. The summed E-state index contributed by atoms with van der Waals surface area (Å²) >= 11 is 0. The number of benzene rings is 1. The summed E-state index contributed by atoms with van der Waals surface area (Å²) < 4.78 is 5.31. The molecular formula is C21H34Cl2N4O3. The van der Waals surface area contributed by atoms with Gasteiger partial charge in [0.25, 0.3) is 0 Å². The van der Waals surface area contributed by atoms with Crippen LogP contribution in [0.1, 0.15) is 32.6 Å². The maximum absolute atomic E-state index is 12.9. The van der Waals surface area contributed by atoms with Gasteiger partial charge in [-0.2, -0.15) is 0 Å². The third-order valence-corrected chi connectivity index (χ3v) is 5.79. The van der Waals surface area contributed by atoms with Gasteiger partial charge in [-0.05, 0) is 63.9 Å². The van der Waals surface area contributed by atoms with Crippen molar-refractivity contribution in [2.75, 3.05) is 50.1 Å². The summed E-state index contributed by atoms with van der Waals surface area (Å²) in [4.78, 5) is 27.9. The van der Waals surface area contributed by atoms with Gasteiger partial charge in [0, 0.05) is 31.6 Å². The molecule has 1 aromatic rings. The first kappa shape index (κ1) is 26.5. The lowest BCUT2D eigenvalue weighted by atomic mass is 9.78. The summed E-state index contributed by atoms with van der Waals surface area (Å²) in [7, 11) is 1.61. The summed E-state index contributed by atoms with van der Waals surface area (Å²) in [5, 5.41) is 9.10. The second kappa shape index (κ2) is 12.3. The van der Waals surface area contributed by atoms with Gasteiger partial charge >= 0.3 is 0 Å². The van der Waals surface area contributed by atoms with Crippen molar-refractivity contribution in [2.24, 2.45) is 5.41 Å². The Hall–Kier alpha value is -1.54. The molecule has 30 heavy (non-hydrogen) atoms. The number of piperidine rings is 1. The number of hydrogen-bond acceptors (Lipinski definition) is 5. The Morgan fingerprint density at radius 2 is 1.87 bits per heavy atom. The molecule has 0 aromatic heterocycles. The number of rotatable bonds is 7. The van der Waals surface area contributed by atoms with Crippen LogP contribution in [-0.2, 0) is 14.3 Å². The Morgan fingerprint density at radius 3 is 2.50 bits per heavy atom. The SMILES string of the molecule is COCC1(C(=O)NC(C)C(=O)Nc2cccc(N3CCCC3)c2)CCNCC1.Cl.Cl. The molecule has 1 atom stereocenters. The number of methoxy groups -OCH3 is 1. The van der Waals surface area contributed by atoms with E-state index in [0.717, 1.165) is 37.6 Å². The molecule has 0 aliphatic carbocycles. The molecule has 2 heterocycles. The average Bonchev–Trinajstić information content (AvgIpc) is 3.24. The lowest BCUT2D eigenvalue weighted by Crippen LogP contribution is -2.54. The van der Waals surface area contributed by atoms with E-state index in [1.54, 1.807) is 14.0 Å². The minimum Gasteiger partial charge on any atom is -0.384 e. The van der Waals surface area contributed by atoms with Crippen LogP contribution in [0.3, 0.4) is 0 Å². The molecule has 3 rings (SSSR count). The number of carbonyl (C=O) groups excluding carboxylic acids is 2. The predicted octanol–water partition coefficient (Wildman–Crippen LogP) is 2.59. The van der Waals surface area contributed by atoms with E-state index in [-0.39, 0.29) is 36.6 Å². The third kappa shape index (κ3) is 6.48. The normalized spacial score (nSPS) is 18.5. The van der Waals surface area contributed by atoms with Gasteiger partial charge in [-0.1, -0.05) is 6.07 Å². The van der Waals surface area contributed by atoms with Crippen molar-refractivity contribution in [3.63, 3.8) is 0 Å². The highest BCUT2D eigenvalue weighted by Gasteiger charge is 2.40. The van der Waals surface area contributed by atoms with Crippen molar-refractivity contribution in [1.29, 1.82) is 0 Å². The van der Waals surface area contributed by atoms with Gasteiger partial charge < -0.3 is 25.6 Å². The second-order valence-electron chi connectivity index (χ2n) is 7.89. The second-order valence-corrected chi connectivity index (χ2v) is 7.89. The number of nitrogens with one attached hydrogen (secondary N) is 3. The van der Waals surface area contributed by atoms with Crippen LogP contribution < -0.4 is 20.9 Å².